The van der Waals surface area contributed by atoms with E-state index in [1.807, 2.05) is 12.1 Å². The zero-order valence-electron chi connectivity index (χ0n) is 23.3. The first-order valence-electron chi connectivity index (χ1n) is 13.4. The predicted molar refractivity (Wildman–Crippen MR) is 154 cm³/mol. The molecule has 4 unspecified atom stereocenters. The summed E-state index contributed by atoms with van der Waals surface area (Å²) in [5, 5.41) is 23.4. The fourth-order valence-corrected chi connectivity index (χ4v) is 6.24. The van der Waals surface area contributed by atoms with Crippen LogP contribution >= 0.6 is 0 Å². The van der Waals surface area contributed by atoms with Crippen molar-refractivity contribution in [1.29, 1.82) is 0 Å². The van der Waals surface area contributed by atoms with E-state index < -0.39 is 17.3 Å². The van der Waals surface area contributed by atoms with E-state index in [9.17, 15) is 20.0 Å². The van der Waals surface area contributed by atoms with Crippen molar-refractivity contribution in [2.24, 2.45) is 11.3 Å². The van der Waals surface area contributed by atoms with Gasteiger partial charge in [0.1, 0.15) is 18.1 Å². The molecule has 0 fully saturated rings. The van der Waals surface area contributed by atoms with Crippen molar-refractivity contribution in [3.8, 4) is 17.2 Å². The molecule has 0 aromatic heterocycles. The van der Waals surface area contributed by atoms with Gasteiger partial charge in [0.15, 0.2) is 17.2 Å². The van der Waals surface area contributed by atoms with Crippen molar-refractivity contribution in [2.45, 2.75) is 39.2 Å². The average Bonchev–Trinajstić information content (AvgIpc) is 3.44. The lowest BCUT2D eigenvalue weighted by Crippen LogP contribution is -2.99. The second kappa shape index (κ2) is 11.0. The Kier molecular flexibility index (Phi) is 7.61. The largest absolute Gasteiger partial charge is 0.595 e. The fraction of sp³-hybridized carbons (Fsp3) is 0.312. The summed E-state index contributed by atoms with van der Waals surface area (Å²) in [5.74, 6) is 0.220. The molecule has 1 aliphatic carbocycles. The molecule has 5 rings (SSSR count). The van der Waals surface area contributed by atoms with Gasteiger partial charge in [-0.2, -0.15) is 5.23 Å². The highest BCUT2D eigenvalue weighted by Crippen LogP contribution is 2.49. The fourth-order valence-electron chi connectivity index (χ4n) is 6.24. The van der Waals surface area contributed by atoms with Gasteiger partial charge in [0, 0.05) is 29.2 Å². The van der Waals surface area contributed by atoms with Crippen molar-refractivity contribution in [3.05, 3.63) is 77.6 Å². The molecule has 1 aliphatic heterocycles. The van der Waals surface area contributed by atoms with Crippen LogP contribution in [0.3, 0.4) is 0 Å². The van der Waals surface area contributed by atoms with E-state index in [0.29, 0.717) is 45.4 Å². The number of aldehydes is 1. The van der Waals surface area contributed by atoms with Gasteiger partial charge in [-0.25, -0.2) is 10.0 Å². The number of methoxy groups -OCH3 is 1. The van der Waals surface area contributed by atoms with E-state index in [-0.39, 0.29) is 34.8 Å². The van der Waals surface area contributed by atoms with E-state index in [0.717, 1.165) is 24.7 Å². The third-order valence-electron chi connectivity index (χ3n) is 8.17. The molecule has 0 saturated heterocycles. The van der Waals surface area contributed by atoms with Crippen LogP contribution in [0.4, 0.5) is 5.69 Å². The number of rotatable bonds is 9. The van der Waals surface area contributed by atoms with Crippen LogP contribution < -0.4 is 19.4 Å². The number of ether oxygens (including phenoxy) is 4. The Bertz CT molecular complexity index is 1610. The maximum atomic E-state index is 13.8. The molecule has 9 heteroatoms. The summed E-state index contributed by atoms with van der Waals surface area (Å²) < 4.78 is 22.8. The van der Waals surface area contributed by atoms with Crippen molar-refractivity contribution in [2.75, 3.05) is 13.9 Å². The maximum Gasteiger partial charge on any atom is 0.339 e. The van der Waals surface area contributed by atoms with Gasteiger partial charge in [-0.3, -0.25) is 4.79 Å². The molecule has 41 heavy (non-hydrogen) atoms. The van der Waals surface area contributed by atoms with Crippen molar-refractivity contribution in [3.63, 3.8) is 0 Å². The number of fused-ring (bicyclic) bond motifs is 5. The first-order valence-corrected chi connectivity index (χ1v) is 13.4. The van der Waals surface area contributed by atoms with Gasteiger partial charge < -0.3 is 24.2 Å². The summed E-state index contributed by atoms with van der Waals surface area (Å²) in [6.45, 7) is 11.7. The highest BCUT2D eigenvalue weighted by molar-refractivity contribution is 6.22. The summed E-state index contributed by atoms with van der Waals surface area (Å²) in [6.07, 6.45) is 6.12. The Morgan fingerprint density at radius 1 is 1.29 bits per heavy atom. The molecule has 2 aliphatic rings. The van der Waals surface area contributed by atoms with Gasteiger partial charge in [-0.15, -0.1) is 6.58 Å². The molecular formula is C32H33NO8. The first-order chi connectivity index (χ1) is 19.6. The molecule has 2 N–H and O–H groups in total. The number of hydrogen-bond acceptors (Lipinski definition) is 8. The summed E-state index contributed by atoms with van der Waals surface area (Å²) in [6, 6.07) is 8.32. The topological polar surface area (TPSA) is 119 Å². The highest BCUT2D eigenvalue weighted by Gasteiger charge is 2.38. The SMILES string of the molecule is C=CC1(C)CCC=C(CC(C)OC(=O)c2cc3c(c4c2c([NH+]([O-])O)cc2c(OC)cccc24)OCO3)C1C(=C)C=O. The summed E-state index contributed by atoms with van der Waals surface area (Å²) in [4.78, 5) is 25.5. The number of esters is 1. The number of nitrogens with one attached hydrogen (secondary N) is 1. The zero-order valence-corrected chi connectivity index (χ0v) is 23.3. The molecule has 3 aromatic rings. The lowest BCUT2D eigenvalue weighted by atomic mass is 9.64. The Labute approximate surface area is 237 Å². The molecule has 0 radical (unpaired) electrons. The number of carbonyl (C=O) groups excluding carboxylic acids is 2. The van der Waals surface area contributed by atoms with E-state index in [1.54, 1.807) is 19.1 Å². The molecule has 4 atom stereocenters. The third kappa shape index (κ3) is 4.86. The second-order valence-electron chi connectivity index (χ2n) is 10.8. The molecule has 0 saturated carbocycles. The number of quaternary nitrogens is 1. The van der Waals surface area contributed by atoms with Gasteiger partial charge in [0.2, 0.25) is 6.79 Å². The number of allylic oxidation sites excluding steroid dienone is 3. The normalized spacial score (nSPS) is 21.2. The number of carbonyl (C=O) groups is 2. The molecule has 0 bridgehead atoms. The molecular weight excluding hydrogens is 526 g/mol. The molecule has 214 valence electrons. The standard InChI is InChI=1S/C32H33NO8/c1-6-32(4)12-8-9-20(29(32)18(2)16-34)13-19(3)41-31(35)23-15-26-30(40-17-39-26)28-21-10-7-11-25(38-5)22(21)14-24(27(23)28)33(36)37/h6-7,9-11,14-16,19,29,33,36H,1-2,8,12-13,17H2,3-5H3. The van der Waals surface area contributed by atoms with Gasteiger partial charge in [0.25, 0.3) is 0 Å². The lowest BCUT2D eigenvalue weighted by Gasteiger charge is -2.40. The Hall–Kier alpha value is -4.18. The van der Waals surface area contributed by atoms with E-state index in [1.165, 1.54) is 19.2 Å². The van der Waals surface area contributed by atoms with Crippen LogP contribution in [-0.4, -0.2) is 37.5 Å². The van der Waals surface area contributed by atoms with Crippen LogP contribution in [0.15, 0.2) is 66.8 Å². The summed E-state index contributed by atoms with van der Waals surface area (Å²) in [5.41, 5.74) is 1.02. The van der Waals surface area contributed by atoms with Gasteiger partial charge in [-0.1, -0.05) is 43.4 Å². The highest BCUT2D eigenvalue weighted by atomic mass is 16.8. The molecule has 0 spiro atoms. The minimum absolute atomic E-state index is 0.0561. The number of hydrogen-bond donors (Lipinski definition) is 2. The second-order valence-corrected chi connectivity index (χ2v) is 10.8. The molecule has 1 heterocycles. The Balaban J connectivity index is 1.57. The van der Waals surface area contributed by atoms with Crippen LogP contribution in [-0.2, 0) is 9.53 Å². The van der Waals surface area contributed by atoms with E-state index in [4.69, 9.17) is 18.9 Å². The average molecular weight is 560 g/mol. The summed E-state index contributed by atoms with van der Waals surface area (Å²) in [7, 11) is 1.51. The molecule has 3 aromatic carbocycles. The number of benzene rings is 3. The smallest absolute Gasteiger partial charge is 0.339 e. The Morgan fingerprint density at radius 2 is 2.07 bits per heavy atom. The lowest BCUT2D eigenvalue weighted by molar-refractivity contribution is -0.990. The zero-order chi connectivity index (χ0) is 29.5. The van der Waals surface area contributed by atoms with Crippen molar-refractivity contribution < 1.29 is 39.0 Å². The molecule has 0 amide bonds. The van der Waals surface area contributed by atoms with Gasteiger partial charge in [-0.05, 0) is 48.3 Å². The van der Waals surface area contributed by atoms with Crippen LogP contribution in [0, 0.1) is 16.5 Å². The van der Waals surface area contributed by atoms with Crippen LogP contribution in [0.25, 0.3) is 21.5 Å². The third-order valence-corrected chi connectivity index (χ3v) is 8.17. The van der Waals surface area contributed by atoms with Crippen LogP contribution in [0.2, 0.25) is 0 Å². The van der Waals surface area contributed by atoms with E-state index >= 15 is 0 Å². The monoisotopic (exact) mass is 559 g/mol. The van der Waals surface area contributed by atoms with Crippen LogP contribution in [0.1, 0.15) is 43.5 Å². The van der Waals surface area contributed by atoms with Crippen molar-refractivity contribution >= 4 is 39.5 Å². The van der Waals surface area contributed by atoms with E-state index in [2.05, 4.69) is 26.2 Å². The quantitative estimate of drug-likeness (QED) is 0.0899. The van der Waals surface area contributed by atoms with Crippen LogP contribution in [0.5, 0.6) is 17.2 Å². The predicted octanol–water partition coefficient (Wildman–Crippen LogP) is 5.35. The van der Waals surface area contributed by atoms with Gasteiger partial charge >= 0.3 is 5.97 Å². The Morgan fingerprint density at radius 3 is 2.76 bits per heavy atom. The van der Waals surface area contributed by atoms with Gasteiger partial charge in [0.05, 0.1) is 18.1 Å². The minimum atomic E-state index is -1.21. The minimum Gasteiger partial charge on any atom is -0.595 e. The summed E-state index contributed by atoms with van der Waals surface area (Å²) >= 11 is 0. The first kappa shape index (κ1) is 28.4. The maximum absolute atomic E-state index is 13.8. The van der Waals surface area contributed by atoms with Crippen molar-refractivity contribution in [1.82, 2.24) is 0 Å². The molecule has 9 nitrogen and oxygen atoms in total.